The number of carbonyl (C=O) groups is 1. The normalized spacial score (nSPS) is 15.4. The molecular formula is C14H17F3N2O2. The van der Waals surface area contributed by atoms with Crippen molar-refractivity contribution in [2.75, 3.05) is 18.5 Å². The summed E-state index contributed by atoms with van der Waals surface area (Å²) in [6.07, 6.45) is -1.57. The molecule has 0 heterocycles. The molecule has 2 rings (SSSR count). The fraction of sp³-hybridized carbons (Fsp3) is 0.500. The van der Waals surface area contributed by atoms with Gasteiger partial charge in [0.2, 0.25) is 0 Å². The van der Waals surface area contributed by atoms with Crippen molar-refractivity contribution in [1.82, 2.24) is 4.90 Å². The number of rotatable bonds is 4. The Hall–Kier alpha value is -1.76. The summed E-state index contributed by atoms with van der Waals surface area (Å²) < 4.78 is 37.3. The summed E-state index contributed by atoms with van der Waals surface area (Å²) in [6, 6.07) is 4.00. The summed E-state index contributed by atoms with van der Waals surface area (Å²) in [5, 5.41) is 11.6. The summed E-state index contributed by atoms with van der Waals surface area (Å²) in [7, 11) is 0. The lowest BCUT2D eigenvalue weighted by molar-refractivity contribution is -0.137. The Morgan fingerprint density at radius 1 is 1.29 bits per heavy atom. The van der Waals surface area contributed by atoms with E-state index in [1.165, 1.54) is 17.0 Å². The highest BCUT2D eigenvalue weighted by molar-refractivity contribution is 5.89. The molecule has 21 heavy (non-hydrogen) atoms. The van der Waals surface area contributed by atoms with Gasteiger partial charge >= 0.3 is 12.2 Å². The van der Waals surface area contributed by atoms with Crippen molar-refractivity contribution in [2.45, 2.75) is 31.5 Å². The van der Waals surface area contributed by atoms with Crippen LogP contribution in [0.2, 0.25) is 0 Å². The number of carbonyl (C=O) groups excluding carboxylic acids is 1. The zero-order valence-corrected chi connectivity index (χ0v) is 11.4. The third kappa shape index (κ3) is 3.87. The SMILES string of the molecule is O=C(Nc1ccc(C(F)(F)F)cc1)N(CCO)C1CCC1. The number of alkyl halides is 3. The predicted octanol–water partition coefficient (Wildman–Crippen LogP) is 3.08. The third-order valence-corrected chi connectivity index (χ3v) is 3.58. The maximum absolute atomic E-state index is 12.4. The Morgan fingerprint density at radius 3 is 2.33 bits per heavy atom. The van der Waals surface area contributed by atoms with Gasteiger partial charge in [-0.05, 0) is 43.5 Å². The third-order valence-electron chi connectivity index (χ3n) is 3.58. The number of hydrogen-bond donors (Lipinski definition) is 2. The standard InChI is InChI=1S/C14H17F3N2O2/c15-14(16,17)10-4-6-11(7-5-10)18-13(21)19(8-9-20)12-2-1-3-12/h4-7,12,20H,1-3,8-9H2,(H,18,21). The minimum atomic E-state index is -4.39. The van der Waals surface area contributed by atoms with Crippen molar-refractivity contribution >= 4 is 11.7 Å². The van der Waals surface area contributed by atoms with Crippen LogP contribution in [0.5, 0.6) is 0 Å². The van der Waals surface area contributed by atoms with E-state index in [1.54, 1.807) is 0 Å². The number of anilines is 1. The molecule has 0 spiro atoms. The summed E-state index contributed by atoms with van der Waals surface area (Å²) in [6.45, 7) is 0.0774. The largest absolute Gasteiger partial charge is 0.416 e. The first kappa shape index (κ1) is 15.6. The first-order chi connectivity index (χ1) is 9.91. The molecule has 0 radical (unpaired) electrons. The van der Waals surface area contributed by atoms with Gasteiger partial charge < -0.3 is 15.3 Å². The monoisotopic (exact) mass is 302 g/mol. The molecule has 1 aliphatic carbocycles. The van der Waals surface area contributed by atoms with Crippen LogP contribution in [-0.2, 0) is 6.18 Å². The van der Waals surface area contributed by atoms with Gasteiger partial charge in [0.05, 0.1) is 12.2 Å². The highest BCUT2D eigenvalue weighted by atomic mass is 19.4. The highest BCUT2D eigenvalue weighted by Crippen LogP contribution is 2.30. The zero-order valence-electron chi connectivity index (χ0n) is 11.4. The number of nitrogens with zero attached hydrogens (tertiary/aromatic N) is 1. The van der Waals surface area contributed by atoms with Crippen LogP contribution in [0.1, 0.15) is 24.8 Å². The molecule has 4 nitrogen and oxygen atoms in total. The van der Waals surface area contributed by atoms with E-state index in [-0.39, 0.29) is 19.2 Å². The Kier molecular flexibility index (Phi) is 4.72. The van der Waals surface area contributed by atoms with E-state index in [4.69, 9.17) is 5.11 Å². The van der Waals surface area contributed by atoms with Crippen molar-refractivity contribution in [3.63, 3.8) is 0 Å². The zero-order chi connectivity index (χ0) is 15.5. The minimum Gasteiger partial charge on any atom is -0.395 e. The first-order valence-electron chi connectivity index (χ1n) is 6.77. The first-order valence-corrected chi connectivity index (χ1v) is 6.77. The van der Waals surface area contributed by atoms with Crippen LogP contribution in [0.25, 0.3) is 0 Å². The molecule has 1 aromatic carbocycles. The van der Waals surface area contributed by atoms with Crippen LogP contribution in [0.4, 0.5) is 23.7 Å². The molecule has 0 unspecified atom stereocenters. The van der Waals surface area contributed by atoms with Gasteiger partial charge in [0.25, 0.3) is 0 Å². The molecular weight excluding hydrogens is 285 g/mol. The van der Waals surface area contributed by atoms with E-state index in [2.05, 4.69) is 5.32 Å². The molecule has 0 saturated heterocycles. The molecule has 2 amide bonds. The summed E-state index contributed by atoms with van der Waals surface area (Å²) in [5.41, 5.74) is -0.457. The number of hydrogen-bond acceptors (Lipinski definition) is 2. The molecule has 116 valence electrons. The van der Waals surface area contributed by atoms with E-state index in [9.17, 15) is 18.0 Å². The number of nitrogens with one attached hydrogen (secondary N) is 1. The number of benzene rings is 1. The molecule has 0 aromatic heterocycles. The number of amides is 2. The van der Waals surface area contributed by atoms with Gasteiger partial charge in [-0.2, -0.15) is 13.2 Å². The van der Waals surface area contributed by atoms with Crippen molar-refractivity contribution in [3.8, 4) is 0 Å². The van der Waals surface area contributed by atoms with Crippen LogP contribution >= 0.6 is 0 Å². The second-order valence-corrected chi connectivity index (χ2v) is 5.01. The fourth-order valence-corrected chi connectivity index (χ4v) is 2.19. The lowest BCUT2D eigenvalue weighted by Gasteiger charge is -2.37. The van der Waals surface area contributed by atoms with Gasteiger partial charge in [-0.15, -0.1) is 0 Å². The smallest absolute Gasteiger partial charge is 0.395 e. The Balaban J connectivity index is 2.00. The number of urea groups is 1. The Bertz CT molecular complexity index is 484. The second kappa shape index (κ2) is 6.34. The lowest BCUT2D eigenvalue weighted by atomic mass is 9.92. The van der Waals surface area contributed by atoms with Crippen LogP contribution in [0.15, 0.2) is 24.3 Å². The van der Waals surface area contributed by atoms with Gasteiger partial charge in [-0.1, -0.05) is 0 Å². The van der Waals surface area contributed by atoms with Gasteiger partial charge in [0, 0.05) is 18.3 Å². The fourth-order valence-electron chi connectivity index (χ4n) is 2.19. The van der Waals surface area contributed by atoms with E-state index in [0.717, 1.165) is 31.4 Å². The van der Waals surface area contributed by atoms with Crippen molar-refractivity contribution in [2.24, 2.45) is 0 Å². The molecule has 7 heteroatoms. The molecule has 1 aromatic rings. The molecule has 0 aliphatic heterocycles. The van der Waals surface area contributed by atoms with Crippen molar-refractivity contribution in [1.29, 1.82) is 0 Å². The molecule has 0 atom stereocenters. The van der Waals surface area contributed by atoms with E-state index in [0.29, 0.717) is 5.69 Å². The average Bonchev–Trinajstić information content (AvgIpc) is 2.35. The van der Waals surface area contributed by atoms with Crippen LogP contribution in [-0.4, -0.2) is 35.2 Å². The van der Waals surface area contributed by atoms with Crippen molar-refractivity contribution in [3.05, 3.63) is 29.8 Å². The molecule has 1 saturated carbocycles. The van der Waals surface area contributed by atoms with Crippen LogP contribution in [0, 0.1) is 0 Å². The molecule has 2 N–H and O–H groups in total. The molecule has 1 aliphatic rings. The number of aliphatic hydroxyl groups is 1. The topological polar surface area (TPSA) is 52.6 Å². The molecule has 0 bridgehead atoms. The Labute approximate surface area is 120 Å². The van der Waals surface area contributed by atoms with Gasteiger partial charge in [0.15, 0.2) is 0 Å². The minimum absolute atomic E-state index is 0.103. The van der Waals surface area contributed by atoms with Gasteiger partial charge in [-0.3, -0.25) is 0 Å². The lowest BCUT2D eigenvalue weighted by Crippen LogP contribution is -2.47. The number of halogens is 3. The summed E-state index contributed by atoms with van der Waals surface area (Å²) in [5.74, 6) is 0. The molecule has 1 fully saturated rings. The number of aliphatic hydroxyl groups excluding tert-OH is 1. The van der Waals surface area contributed by atoms with Crippen LogP contribution < -0.4 is 5.32 Å². The van der Waals surface area contributed by atoms with E-state index >= 15 is 0 Å². The van der Waals surface area contributed by atoms with Gasteiger partial charge in [0.1, 0.15) is 0 Å². The quantitative estimate of drug-likeness (QED) is 0.898. The summed E-state index contributed by atoms with van der Waals surface area (Å²) >= 11 is 0. The maximum atomic E-state index is 12.4. The van der Waals surface area contributed by atoms with E-state index < -0.39 is 17.8 Å². The van der Waals surface area contributed by atoms with Crippen molar-refractivity contribution < 1.29 is 23.1 Å². The Morgan fingerprint density at radius 2 is 1.90 bits per heavy atom. The van der Waals surface area contributed by atoms with Crippen LogP contribution in [0.3, 0.4) is 0 Å². The summed E-state index contributed by atoms with van der Waals surface area (Å²) in [4.78, 5) is 13.6. The van der Waals surface area contributed by atoms with E-state index in [1.807, 2.05) is 0 Å². The van der Waals surface area contributed by atoms with Gasteiger partial charge in [-0.25, -0.2) is 4.79 Å². The highest BCUT2D eigenvalue weighted by Gasteiger charge is 2.31. The maximum Gasteiger partial charge on any atom is 0.416 e. The predicted molar refractivity (Wildman–Crippen MR) is 71.9 cm³/mol. The second-order valence-electron chi connectivity index (χ2n) is 5.01. The average molecular weight is 302 g/mol.